The van der Waals surface area contributed by atoms with E-state index in [1.54, 1.807) is 6.07 Å². The highest BCUT2D eigenvalue weighted by Crippen LogP contribution is 2.29. The van der Waals surface area contributed by atoms with E-state index in [2.05, 4.69) is 15.3 Å². The van der Waals surface area contributed by atoms with Crippen molar-refractivity contribution in [3.63, 3.8) is 0 Å². The summed E-state index contributed by atoms with van der Waals surface area (Å²) in [5, 5.41) is 12.5. The van der Waals surface area contributed by atoms with Crippen molar-refractivity contribution in [3.8, 4) is 17.1 Å². The van der Waals surface area contributed by atoms with Crippen LogP contribution in [0.4, 0.5) is 4.39 Å². The summed E-state index contributed by atoms with van der Waals surface area (Å²) in [6.45, 7) is 0. The largest absolute Gasteiger partial charge is 0.505 e. The highest BCUT2D eigenvalue weighted by Gasteiger charge is 2.21. The summed E-state index contributed by atoms with van der Waals surface area (Å²) in [4.78, 5) is 8.88. The van der Waals surface area contributed by atoms with E-state index in [-0.39, 0.29) is 5.75 Å². The van der Waals surface area contributed by atoms with Crippen LogP contribution in [0.15, 0.2) is 24.4 Å². The fourth-order valence-electron chi connectivity index (χ4n) is 2.63. The summed E-state index contributed by atoms with van der Waals surface area (Å²) in [6.07, 6.45) is 4.91. The molecule has 1 heterocycles. The van der Waals surface area contributed by atoms with E-state index < -0.39 is 5.82 Å². The Kier molecular flexibility index (Phi) is 3.36. The first kappa shape index (κ1) is 13.0. The number of benzene rings is 1. The first-order valence-electron chi connectivity index (χ1n) is 6.71. The SMILES string of the molecule is CNC1CCCc2nc(-c3ccc(O)c(F)c3)ncc21. The van der Waals surface area contributed by atoms with Crippen LogP contribution in [0, 0.1) is 5.82 Å². The standard InChI is InChI=1S/C15H16FN3O/c1-17-12-3-2-4-13-10(12)8-18-15(19-13)9-5-6-14(20)11(16)7-9/h5-8,12,17,20H,2-4H2,1H3. The van der Waals surface area contributed by atoms with Crippen LogP contribution in [-0.4, -0.2) is 22.1 Å². The summed E-state index contributed by atoms with van der Waals surface area (Å²) in [6, 6.07) is 4.50. The molecule has 0 amide bonds. The number of hydrogen-bond acceptors (Lipinski definition) is 4. The van der Waals surface area contributed by atoms with Crippen molar-refractivity contribution in [2.24, 2.45) is 0 Å². The van der Waals surface area contributed by atoms with Crippen LogP contribution in [0.3, 0.4) is 0 Å². The van der Waals surface area contributed by atoms with Gasteiger partial charge in [0.2, 0.25) is 0 Å². The molecule has 1 aliphatic carbocycles. The van der Waals surface area contributed by atoms with Crippen molar-refractivity contribution < 1.29 is 9.50 Å². The van der Waals surface area contributed by atoms with Crippen LogP contribution in [0.5, 0.6) is 5.75 Å². The van der Waals surface area contributed by atoms with Crippen LogP contribution < -0.4 is 5.32 Å². The van der Waals surface area contributed by atoms with E-state index in [9.17, 15) is 9.50 Å². The topological polar surface area (TPSA) is 58.0 Å². The van der Waals surface area contributed by atoms with Gasteiger partial charge in [0.15, 0.2) is 17.4 Å². The van der Waals surface area contributed by atoms with Gasteiger partial charge >= 0.3 is 0 Å². The maximum Gasteiger partial charge on any atom is 0.165 e. The van der Waals surface area contributed by atoms with Gasteiger partial charge in [-0.1, -0.05) is 0 Å². The Morgan fingerprint density at radius 2 is 2.25 bits per heavy atom. The second-order valence-corrected chi connectivity index (χ2v) is 5.00. The third-order valence-corrected chi connectivity index (χ3v) is 3.74. The molecule has 0 bridgehead atoms. The van der Waals surface area contributed by atoms with Crippen molar-refractivity contribution in [1.29, 1.82) is 0 Å². The number of nitrogens with zero attached hydrogens (tertiary/aromatic N) is 2. The van der Waals surface area contributed by atoms with Gasteiger partial charge < -0.3 is 10.4 Å². The van der Waals surface area contributed by atoms with Crippen molar-refractivity contribution in [3.05, 3.63) is 41.5 Å². The fourth-order valence-corrected chi connectivity index (χ4v) is 2.63. The molecule has 1 aromatic heterocycles. The molecule has 3 rings (SSSR count). The molecule has 0 fully saturated rings. The second kappa shape index (κ2) is 5.17. The molecule has 1 aromatic carbocycles. The smallest absolute Gasteiger partial charge is 0.165 e. The van der Waals surface area contributed by atoms with Crippen LogP contribution in [0.1, 0.15) is 30.1 Å². The zero-order valence-corrected chi connectivity index (χ0v) is 11.2. The number of phenols is 1. The lowest BCUT2D eigenvalue weighted by Crippen LogP contribution is -2.22. The summed E-state index contributed by atoms with van der Waals surface area (Å²) >= 11 is 0. The Balaban J connectivity index is 2.01. The maximum absolute atomic E-state index is 13.4. The molecule has 20 heavy (non-hydrogen) atoms. The van der Waals surface area contributed by atoms with Gasteiger partial charge in [-0.25, -0.2) is 14.4 Å². The monoisotopic (exact) mass is 273 g/mol. The predicted molar refractivity (Wildman–Crippen MR) is 73.8 cm³/mol. The molecule has 1 atom stereocenters. The van der Waals surface area contributed by atoms with Crippen molar-refractivity contribution in [2.75, 3.05) is 7.05 Å². The number of halogens is 1. The summed E-state index contributed by atoms with van der Waals surface area (Å²) in [5.41, 5.74) is 2.73. The number of aromatic hydroxyl groups is 1. The molecule has 0 spiro atoms. The number of aryl methyl sites for hydroxylation is 1. The average molecular weight is 273 g/mol. The summed E-state index contributed by atoms with van der Waals surface area (Å²) in [5.74, 6) is -0.515. The van der Waals surface area contributed by atoms with E-state index >= 15 is 0 Å². The summed E-state index contributed by atoms with van der Waals surface area (Å²) in [7, 11) is 1.93. The first-order chi connectivity index (χ1) is 9.69. The van der Waals surface area contributed by atoms with Gasteiger partial charge in [0.25, 0.3) is 0 Å². The minimum absolute atomic E-state index is 0.296. The zero-order chi connectivity index (χ0) is 14.1. The van der Waals surface area contributed by atoms with Crippen LogP contribution >= 0.6 is 0 Å². The molecule has 0 saturated carbocycles. The molecule has 2 N–H and O–H groups in total. The van der Waals surface area contributed by atoms with E-state index in [1.807, 2.05) is 13.2 Å². The molecule has 1 unspecified atom stereocenters. The van der Waals surface area contributed by atoms with Crippen molar-refractivity contribution in [1.82, 2.24) is 15.3 Å². The quantitative estimate of drug-likeness (QED) is 0.883. The third-order valence-electron chi connectivity index (χ3n) is 3.74. The highest BCUT2D eigenvalue weighted by atomic mass is 19.1. The lowest BCUT2D eigenvalue weighted by Gasteiger charge is -2.24. The lowest BCUT2D eigenvalue weighted by atomic mass is 9.92. The Morgan fingerprint density at radius 1 is 1.40 bits per heavy atom. The van der Waals surface area contributed by atoms with Crippen molar-refractivity contribution in [2.45, 2.75) is 25.3 Å². The number of nitrogens with one attached hydrogen (secondary N) is 1. The zero-order valence-electron chi connectivity index (χ0n) is 11.2. The first-order valence-corrected chi connectivity index (χ1v) is 6.71. The van der Waals surface area contributed by atoms with E-state index in [1.165, 1.54) is 12.1 Å². The van der Waals surface area contributed by atoms with E-state index in [0.29, 0.717) is 17.4 Å². The maximum atomic E-state index is 13.4. The Hall–Kier alpha value is -2.01. The van der Waals surface area contributed by atoms with Crippen molar-refractivity contribution >= 4 is 0 Å². The minimum atomic E-state index is -0.656. The van der Waals surface area contributed by atoms with Gasteiger partial charge in [-0.05, 0) is 44.5 Å². The molecule has 0 saturated heterocycles. The lowest BCUT2D eigenvalue weighted by molar-refractivity contribution is 0.432. The molecule has 1 aliphatic rings. The molecule has 0 aliphatic heterocycles. The molecule has 0 radical (unpaired) electrons. The molecular formula is C15H16FN3O. The van der Waals surface area contributed by atoms with Gasteiger partial charge in [-0.15, -0.1) is 0 Å². The highest BCUT2D eigenvalue weighted by molar-refractivity contribution is 5.57. The number of phenolic OH excluding ortho intramolecular Hbond substituents is 1. The van der Waals surface area contributed by atoms with Crippen LogP contribution in [0.25, 0.3) is 11.4 Å². The fraction of sp³-hybridized carbons (Fsp3) is 0.333. The van der Waals surface area contributed by atoms with Gasteiger partial charge in [-0.3, -0.25) is 0 Å². The van der Waals surface area contributed by atoms with Gasteiger partial charge in [0.05, 0.1) is 0 Å². The van der Waals surface area contributed by atoms with Gasteiger partial charge in [0.1, 0.15) is 0 Å². The Labute approximate surface area is 116 Å². The minimum Gasteiger partial charge on any atom is -0.505 e. The van der Waals surface area contributed by atoms with Crippen LogP contribution in [0.2, 0.25) is 0 Å². The Morgan fingerprint density at radius 3 is 3.00 bits per heavy atom. The Bertz CT molecular complexity index is 645. The molecule has 2 aromatic rings. The van der Waals surface area contributed by atoms with E-state index in [0.717, 1.165) is 30.5 Å². The normalized spacial score (nSPS) is 17.8. The number of rotatable bonds is 2. The average Bonchev–Trinajstić information content (AvgIpc) is 2.48. The van der Waals surface area contributed by atoms with E-state index in [4.69, 9.17) is 0 Å². The predicted octanol–water partition coefficient (Wildman–Crippen LogP) is 2.59. The summed E-state index contributed by atoms with van der Waals surface area (Å²) < 4.78 is 13.4. The molecule has 104 valence electrons. The molecular weight excluding hydrogens is 257 g/mol. The number of hydrogen-bond donors (Lipinski definition) is 2. The molecule has 5 heteroatoms. The second-order valence-electron chi connectivity index (χ2n) is 5.00. The number of aromatic nitrogens is 2. The molecule has 4 nitrogen and oxygen atoms in total. The van der Waals surface area contributed by atoms with Gasteiger partial charge in [-0.2, -0.15) is 0 Å². The number of fused-ring (bicyclic) bond motifs is 1. The van der Waals surface area contributed by atoms with Gasteiger partial charge in [0, 0.05) is 29.1 Å². The van der Waals surface area contributed by atoms with Crippen LogP contribution in [-0.2, 0) is 6.42 Å². The third kappa shape index (κ3) is 2.25.